The van der Waals surface area contributed by atoms with Crippen LogP contribution in [0.5, 0.6) is 0 Å². The van der Waals surface area contributed by atoms with Gasteiger partial charge in [0.15, 0.2) is 5.96 Å². The van der Waals surface area contributed by atoms with Crippen LogP contribution in [0.1, 0.15) is 46.5 Å². The van der Waals surface area contributed by atoms with Gasteiger partial charge in [0, 0.05) is 38.8 Å². The van der Waals surface area contributed by atoms with E-state index in [9.17, 15) is 4.79 Å². The van der Waals surface area contributed by atoms with Gasteiger partial charge in [0.1, 0.15) is 0 Å². The van der Waals surface area contributed by atoms with Crippen LogP contribution in [0.3, 0.4) is 0 Å². The van der Waals surface area contributed by atoms with Crippen LogP contribution in [0.2, 0.25) is 0 Å². The molecule has 0 aliphatic carbocycles. The minimum atomic E-state index is -0.196. The van der Waals surface area contributed by atoms with Crippen molar-refractivity contribution in [1.29, 1.82) is 0 Å². The second-order valence-electron chi connectivity index (χ2n) is 7.63. The van der Waals surface area contributed by atoms with Crippen molar-refractivity contribution in [1.82, 2.24) is 20.4 Å². The van der Waals surface area contributed by atoms with E-state index in [1.165, 1.54) is 25.9 Å². The summed E-state index contributed by atoms with van der Waals surface area (Å²) in [5.41, 5.74) is 0. The standard InChI is InChI=1S/C19H37N5O2.HI/c1-5-26-19(25)24-12-8-17(9-13-24)22-18(20-4)21-14-16(3)23-10-6-15(2)7-11-23;/h15-17H,5-14H2,1-4H3,(H2,20,21,22);1H. The van der Waals surface area contributed by atoms with Gasteiger partial charge in [-0.25, -0.2) is 4.79 Å². The van der Waals surface area contributed by atoms with Crippen LogP contribution in [0, 0.1) is 5.92 Å². The Balaban J connectivity index is 0.00000364. The van der Waals surface area contributed by atoms with E-state index < -0.39 is 0 Å². The summed E-state index contributed by atoms with van der Waals surface area (Å²) in [6.07, 6.45) is 4.24. The van der Waals surface area contributed by atoms with Gasteiger partial charge in [-0.3, -0.25) is 9.89 Å². The van der Waals surface area contributed by atoms with Crippen molar-refractivity contribution in [3.63, 3.8) is 0 Å². The van der Waals surface area contributed by atoms with Gasteiger partial charge in [0.25, 0.3) is 0 Å². The van der Waals surface area contributed by atoms with Crippen molar-refractivity contribution in [2.24, 2.45) is 10.9 Å². The highest BCUT2D eigenvalue weighted by atomic mass is 127. The summed E-state index contributed by atoms with van der Waals surface area (Å²) < 4.78 is 5.07. The molecular formula is C19H38IN5O2. The lowest BCUT2D eigenvalue weighted by Crippen LogP contribution is -2.52. The fourth-order valence-electron chi connectivity index (χ4n) is 3.65. The van der Waals surface area contributed by atoms with E-state index in [0.717, 1.165) is 44.4 Å². The first kappa shape index (κ1) is 24.3. The van der Waals surface area contributed by atoms with Crippen molar-refractivity contribution in [3.05, 3.63) is 0 Å². The molecule has 158 valence electrons. The maximum Gasteiger partial charge on any atom is 0.409 e. The molecule has 0 aromatic carbocycles. The summed E-state index contributed by atoms with van der Waals surface area (Å²) in [6.45, 7) is 11.7. The molecule has 2 fully saturated rings. The topological polar surface area (TPSA) is 69.2 Å². The highest BCUT2D eigenvalue weighted by Gasteiger charge is 2.24. The monoisotopic (exact) mass is 495 g/mol. The number of nitrogens with zero attached hydrogens (tertiary/aromatic N) is 3. The lowest BCUT2D eigenvalue weighted by atomic mass is 9.98. The number of carbonyl (C=O) groups is 1. The number of aliphatic imine (C=N–C) groups is 1. The van der Waals surface area contributed by atoms with Crippen LogP contribution < -0.4 is 10.6 Å². The Morgan fingerprint density at radius 3 is 2.37 bits per heavy atom. The van der Waals surface area contributed by atoms with Gasteiger partial charge in [-0.15, -0.1) is 24.0 Å². The quantitative estimate of drug-likeness (QED) is 0.349. The second kappa shape index (κ2) is 12.6. The Morgan fingerprint density at radius 2 is 1.81 bits per heavy atom. The first-order chi connectivity index (χ1) is 12.5. The zero-order valence-electron chi connectivity index (χ0n) is 17.4. The molecule has 1 amide bonds. The summed E-state index contributed by atoms with van der Waals surface area (Å²) in [5, 5.41) is 6.98. The Kier molecular flexibility index (Phi) is 11.4. The van der Waals surface area contributed by atoms with E-state index in [1.807, 2.05) is 14.0 Å². The molecule has 2 saturated heterocycles. The summed E-state index contributed by atoms with van der Waals surface area (Å²) in [5.74, 6) is 1.72. The number of hydrogen-bond acceptors (Lipinski definition) is 4. The van der Waals surface area contributed by atoms with E-state index >= 15 is 0 Å². The number of likely N-dealkylation sites (tertiary alicyclic amines) is 2. The summed E-state index contributed by atoms with van der Waals surface area (Å²) >= 11 is 0. The van der Waals surface area contributed by atoms with Gasteiger partial charge in [0.05, 0.1) is 6.61 Å². The minimum Gasteiger partial charge on any atom is -0.450 e. The Bertz CT molecular complexity index is 461. The molecule has 0 radical (unpaired) electrons. The molecule has 0 aromatic rings. The number of piperidine rings is 2. The van der Waals surface area contributed by atoms with Crippen molar-refractivity contribution < 1.29 is 9.53 Å². The average molecular weight is 495 g/mol. The summed E-state index contributed by atoms with van der Waals surface area (Å²) in [7, 11) is 1.82. The minimum absolute atomic E-state index is 0. The summed E-state index contributed by atoms with van der Waals surface area (Å²) in [4.78, 5) is 20.5. The molecule has 2 aliphatic rings. The number of nitrogens with one attached hydrogen (secondary N) is 2. The van der Waals surface area contributed by atoms with E-state index in [2.05, 4.69) is 34.4 Å². The molecule has 8 heteroatoms. The van der Waals surface area contributed by atoms with Gasteiger partial charge in [0.2, 0.25) is 0 Å². The number of halogens is 1. The highest BCUT2D eigenvalue weighted by Crippen LogP contribution is 2.17. The fourth-order valence-corrected chi connectivity index (χ4v) is 3.65. The third kappa shape index (κ3) is 8.01. The number of ether oxygens (including phenoxy) is 1. The van der Waals surface area contributed by atoms with Crippen LogP contribution >= 0.6 is 24.0 Å². The molecule has 1 atom stereocenters. The smallest absolute Gasteiger partial charge is 0.409 e. The van der Waals surface area contributed by atoms with Gasteiger partial charge in [-0.05, 0) is 58.5 Å². The van der Waals surface area contributed by atoms with Crippen LogP contribution in [0.15, 0.2) is 4.99 Å². The molecule has 2 rings (SSSR count). The first-order valence-electron chi connectivity index (χ1n) is 10.2. The van der Waals surface area contributed by atoms with Crippen molar-refractivity contribution >= 4 is 36.0 Å². The van der Waals surface area contributed by atoms with Crippen molar-refractivity contribution in [2.45, 2.75) is 58.5 Å². The zero-order valence-corrected chi connectivity index (χ0v) is 19.7. The zero-order chi connectivity index (χ0) is 18.9. The molecule has 1 unspecified atom stereocenters. The third-order valence-corrected chi connectivity index (χ3v) is 5.59. The van der Waals surface area contributed by atoms with Crippen molar-refractivity contribution in [3.8, 4) is 0 Å². The predicted molar refractivity (Wildman–Crippen MR) is 121 cm³/mol. The molecule has 27 heavy (non-hydrogen) atoms. The van der Waals surface area contributed by atoms with Crippen LogP contribution in [0.4, 0.5) is 4.79 Å². The number of guanidine groups is 1. The highest BCUT2D eigenvalue weighted by molar-refractivity contribution is 14.0. The maximum atomic E-state index is 11.8. The molecular weight excluding hydrogens is 457 g/mol. The number of amides is 1. The van der Waals surface area contributed by atoms with Crippen LogP contribution in [0.25, 0.3) is 0 Å². The Hall–Kier alpha value is -0.770. The van der Waals surface area contributed by atoms with Gasteiger partial charge < -0.3 is 20.3 Å². The second-order valence-corrected chi connectivity index (χ2v) is 7.63. The van der Waals surface area contributed by atoms with E-state index in [0.29, 0.717) is 18.7 Å². The van der Waals surface area contributed by atoms with Crippen LogP contribution in [-0.2, 0) is 4.74 Å². The van der Waals surface area contributed by atoms with E-state index in [1.54, 1.807) is 4.90 Å². The van der Waals surface area contributed by atoms with E-state index in [-0.39, 0.29) is 30.1 Å². The molecule has 2 aliphatic heterocycles. The molecule has 0 aromatic heterocycles. The maximum absolute atomic E-state index is 11.8. The van der Waals surface area contributed by atoms with Crippen molar-refractivity contribution in [2.75, 3.05) is 46.4 Å². The molecule has 7 nitrogen and oxygen atoms in total. The average Bonchev–Trinajstić information content (AvgIpc) is 2.66. The SMILES string of the molecule is CCOC(=O)N1CCC(NC(=NC)NCC(C)N2CCC(C)CC2)CC1.I. The van der Waals surface area contributed by atoms with Crippen LogP contribution in [-0.4, -0.2) is 80.3 Å². The van der Waals surface area contributed by atoms with E-state index in [4.69, 9.17) is 4.74 Å². The normalized spacial score (nSPS) is 21.3. The molecule has 2 heterocycles. The number of carbonyl (C=O) groups excluding carboxylic acids is 1. The van der Waals surface area contributed by atoms with Gasteiger partial charge >= 0.3 is 6.09 Å². The summed E-state index contributed by atoms with van der Waals surface area (Å²) in [6, 6.07) is 0.852. The largest absolute Gasteiger partial charge is 0.450 e. The Labute approximate surface area is 181 Å². The van der Waals surface area contributed by atoms with Gasteiger partial charge in [-0.2, -0.15) is 0 Å². The lowest BCUT2D eigenvalue weighted by molar-refractivity contribution is 0.0962. The first-order valence-corrected chi connectivity index (χ1v) is 10.2. The lowest BCUT2D eigenvalue weighted by Gasteiger charge is -2.35. The Morgan fingerprint density at radius 1 is 1.19 bits per heavy atom. The molecule has 0 spiro atoms. The molecule has 0 bridgehead atoms. The third-order valence-electron chi connectivity index (χ3n) is 5.59. The molecule has 2 N–H and O–H groups in total. The van der Waals surface area contributed by atoms with Gasteiger partial charge in [-0.1, -0.05) is 6.92 Å². The number of rotatable bonds is 5. The predicted octanol–water partition coefficient (Wildman–Crippen LogP) is 2.51. The fraction of sp³-hybridized carbons (Fsp3) is 0.895. The molecule has 0 saturated carbocycles. The number of hydrogen-bond donors (Lipinski definition) is 2.